The van der Waals surface area contributed by atoms with Crippen LogP contribution in [0.25, 0.3) is 0 Å². The quantitative estimate of drug-likeness (QED) is 0.651. The maximum Gasteiger partial charge on any atom is 0.248 e. The summed E-state index contributed by atoms with van der Waals surface area (Å²) in [5, 5.41) is 6.12. The van der Waals surface area contributed by atoms with Gasteiger partial charge in [0.25, 0.3) is 0 Å². The van der Waals surface area contributed by atoms with Gasteiger partial charge < -0.3 is 25.2 Å². The van der Waals surface area contributed by atoms with E-state index in [1.54, 1.807) is 16.9 Å². The highest BCUT2D eigenvalue weighted by molar-refractivity contribution is 5.97. The molecule has 188 valence electrons. The smallest absolute Gasteiger partial charge is 0.248 e. The molecule has 1 aromatic rings. The van der Waals surface area contributed by atoms with E-state index in [9.17, 15) is 19.2 Å². The summed E-state index contributed by atoms with van der Waals surface area (Å²) in [4.78, 5) is 55.9. The molecule has 0 radical (unpaired) electrons. The first-order chi connectivity index (χ1) is 17.0. The van der Waals surface area contributed by atoms with E-state index in [2.05, 4.69) is 10.6 Å². The van der Waals surface area contributed by atoms with E-state index in [0.717, 1.165) is 31.2 Å². The van der Waals surface area contributed by atoms with Crippen molar-refractivity contribution in [1.29, 1.82) is 0 Å². The molecule has 4 aliphatic rings. The van der Waals surface area contributed by atoms with Crippen LogP contribution in [0.3, 0.4) is 0 Å². The molecule has 1 aliphatic carbocycles. The van der Waals surface area contributed by atoms with Crippen molar-refractivity contribution in [3.8, 4) is 5.75 Å². The first kappa shape index (κ1) is 23.6. The summed E-state index contributed by atoms with van der Waals surface area (Å²) in [6, 6.07) is 5.37. The number of nitrogens with zero attached hydrogens (tertiary/aromatic N) is 2. The van der Waals surface area contributed by atoms with E-state index in [1.807, 2.05) is 24.3 Å². The third-order valence-corrected chi connectivity index (χ3v) is 8.04. The molecule has 4 fully saturated rings. The Balaban J connectivity index is 1.28. The van der Waals surface area contributed by atoms with Gasteiger partial charge in [-0.25, -0.2) is 0 Å². The lowest BCUT2D eigenvalue weighted by atomic mass is 9.88. The molecule has 35 heavy (non-hydrogen) atoms. The van der Waals surface area contributed by atoms with Crippen molar-refractivity contribution >= 4 is 23.6 Å². The van der Waals surface area contributed by atoms with E-state index in [0.29, 0.717) is 31.7 Å². The topological polar surface area (TPSA) is 108 Å². The van der Waals surface area contributed by atoms with Gasteiger partial charge in [0.2, 0.25) is 23.6 Å². The third-order valence-electron chi connectivity index (χ3n) is 8.04. The SMILES string of the molecule is COc1ccccc1CC(=O)N1CCC2NC(=O)C3CC(NC(=O)C4CCCCC4)CN3C(=O)C21. The standard InChI is InChI=1S/C26H34N4O5/c1-35-21-10-6-5-9-17(21)13-22(31)29-12-11-19-23(29)26(34)30-15-18(14-20(30)25(33)28-19)27-24(32)16-7-3-2-4-8-16/h5-6,9-10,16,18-20,23H,2-4,7-8,11-15H2,1H3,(H,27,32)(H,28,33). The molecule has 9 nitrogen and oxygen atoms in total. The van der Waals surface area contributed by atoms with Crippen molar-refractivity contribution in [3.63, 3.8) is 0 Å². The summed E-state index contributed by atoms with van der Waals surface area (Å²) in [5.74, 6) is 0.124. The molecule has 4 amide bonds. The lowest BCUT2D eigenvalue weighted by Crippen LogP contribution is -2.53. The van der Waals surface area contributed by atoms with Crippen LogP contribution in [0.2, 0.25) is 0 Å². The van der Waals surface area contributed by atoms with Crippen molar-refractivity contribution < 1.29 is 23.9 Å². The normalized spacial score (nSPS) is 28.7. The summed E-state index contributed by atoms with van der Waals surface area (Å²) >= 11 is 0. The number of nitrogens with one attached hydrogen (secondary N) is 2. The minimum atomic E-state index is -0.723. The Kier molecular flexibility index (Phi) is 6.67. The van der Waals surface area contributed by atoms with E-state index >= 15 is 0 Å². The number of hydrogen-bond acceptors (Lipinski definition) is 5. The first-order valence-corrected chi connectivity index (χ1v) is 12.8. The van der Waals surface area contributed by atoms with Crippen molar-refractivity contribution in [2.24, 2.45) is 5.92 Å². The number of fused-ring (bicyclic) bond motifs is 2. The molecular weight excluding hydrogens is 448 g/mol. The van der Waals surface area contributed by atoms with Crippen LogP contribution in [0.1, 0.15) is 50.5 Å². The highest BCUT2D eigenvalue weighted by atomic mass is 16.5. The maximum atomic E-state index is 13.7. The number of carbonyl (C=O) groups is 4. The molecule has 0 spiro atoms. The molecule has 1 aromatic carbocycles. The van der Waals surface area contributed by atoms with Crippen LogP contribution >= 0.6 is 0 Å². The van der Waals surface area contributed by atoms with Crippen molar-refractivity contribution in [2.45, 2.75) is 75.5 Å². The van der Waals surface area contributed by atoms with Crippen molar-refractivity contribution in [1.82, 2.24) is 20.4 Å². The van der Waals surface area contributed by atoms with Crippen LogP contribution in [-0.4, -0.2) is 77.8 Å². The van der Waals surface area contributed by atoms with Crippen LogP contribution < -0.4 is 15.4 Å². The molecule has 0 aromatic heterocycles. The fourth-order valence-electron chi connectivity index (χ4n) is 6.21. The van der Waals surface area contributed by atoms with Gasteiger partial charge in [0.15, 0.2) is 0 Å². The van der Waals surface area contributed by atoms with Crippen molar-refractivity contribution in [2.75, 3.05) is 20.2 Å². The molecule has 4 unspecified atom stereocenters. The summed E-state index contributed by atoms with van der Waals surface area (Å²) < 4.78 is 5.38. The van der Waals surface area contributed by atoms with Crippen LogP contribution in [-0.2, 0) is 25.6 Å². The van der Waals surface area contributed by atoms with E-state index < -0.39 is 18.1 Å². The van der Waals surface area contributed by atoms with Gasteiger partial charge in [-0.05, 0) is 31.7 Å². The predicted octanol–water partition coefficient (Wildman–Crippen LogP) is 1.00. The second kappa shape index (κ2) is 9.87. The number of ether oxygens (including phenoxy) is 1. The molecule has 3 heterocycles. The Morgan fingerprint density at radius 2 is 1.89 bits per heavy atom. The average Bonchev–Trinajstić information content (AvgIpc) is 3.47. The number of rotatable bonds is 5. The number of hydrogen-bond donors (Lipinski definition) is 2. The number of methoxy groups -OCH3 is 1. The molecule has 3 aliphatic heterocycles. The minimum Gasteiger partial charge on any atom is -0.496 e. The van der Waals surface area contributed by atoms with Gasteiger partial charge >= 0.3 is 0 Å². The second-order valence-electron chi connectivity index (χ2n) is 10.2. The van der Waals surface area contributed by atoms with Crippen molar-refractivity contribution in [3.05, 3.63) is 29.8 Å². The van der Waals surface area contributed by atoms with Gasteiger partial charge in [-0.15, -0.1) is 0 Å². The second-order valence-corrected chi connectivity index (χ2v) is 10.2. The van der Waals surface area contributed by atoms with Gasteiger partial charge in [-0.3, -0.25) is 19.2 Å². The van der Waals surface area contributed by atoms with Crippen LogP contribution in [0.5, 0.6) is 5.75 Å². The fraction of sp³-hybridized carbons (Fsp3) is 0.615. The zero-order chi connectivity index (χ0) is 24.5. The Labute approximate surface area is 205 Å². The molecule has 3 saturated heterocycles. The van der Waals surface area contributed by atoms with Gasteiger partial charge in [-0.1, -0.05) is 37.5 Å². The largest absolute Gasteiger partial charge is 0.496 e. The third kappa shape index (κ3) is 4.60. The van der Waals surface area contributed by atoms with Crippen LogP contribution in [0.4, 0.5) is 0 Å². The van der Waals surface area contributed by atoms with Gasteiger partial charge in [0.1, 0.15) is 17.8 Å². The Morgan fingerprint density at radius 3 is 2.66 bits per heavy atom. The fourth-order valence-corrected chi connectivity index (χ4v) is 6.21. The highest BCUT2D eigenvalue weighted by Gasteiger charge is 2.52. The van der Waals surface area contributed by atoms with E-state index in [4.69, 9.17) is 4.74 Å². The van der Waals surface area contributed by atoms with Gasteiger partial charge in [0.05, 0.1) is 19.6 Å². The average molecular weight is 483 g/mol. The number of carbonyl (C=O) groups excluding carboxylic acids is 4. The summed E-state index contributed by atoms with van der Waals surface area (Å²) in [5.41, 5.74) is 0.762. The maximum absolute atomic E-state index is 13.7. The molecule has 9 heteroatoms. The van der Waals surface area contributed by atoms with E-state index in [1.165, 1.54) is 6.42 Å². The monoisotopic (exact) mass is 482 g/mol. The Bertz CT molecular complexity index is 1010. The summed E-state index contributed by atoms with van der Waals surface area (Å²) in [7, 11) is 1.57. The predicted molar refractivity (Wildman–Crippen MR) is 127 cm³/mol. The minimum absolute atomic E-state index is 0.0241. The Morgan fingerprint density at radius 1 is 1.11 bits per heavy atom. The van der Waals surface area contributed by atoms with Gasteiger partial charge in [-0.2, -0.15) is 0 Å². The number of benzene rings is 1. The molecule has 1 saturated carbocycles. The van der Waals surface area contributed by atoms with Crippen LogP contribution in [0.15, 0.2) is 24.3 Å². The zero-order valence-electron chi connectivity index (χ0n) is 20.2. The molecular formula is C26H34N4O5. The molecule has 2 N–H and O–H groups in total. The Hall–Kier alpha value is -3.10. The summed E-state index contributed by atoms with van der Waals surface area (Å²) in [6.45, 7) is 0.711. The zero-order valence-corrected chi connectivity index (χ0v) is 20.2. The van der Waals surface area contributed by atoms with E-state index in [-0.39, 0.29) is 42.0 Å². The number of amides is 4. The lowest BCUT2D eigenvalue weighted by molar-refractivity contribution is -0.144. The van der Waals surface area contributed by atoms with Crippen LogP contribution in [0, 0.1) is 5.92 Å². The van der Waals surface area contributed by atoms with Gasteiger partial charge in [0, 0.05) is 30.6 Å². The molecule has 0 bridgehead atoms. The number of para-hydroxylation sites is 1. The summed E-state index contributed by atoms with van der Waals surface area (Å²) in [6.07, 6.45) is 6.19. The first-order valence-electron chi connectivity index (χ1n) is 12.8. The number of likely N-dealkylation sites (tertiary alicyclic amines) is 1. The molecule has 4 atom stereocenters. The molecule has 5 rings (SSSR count). The highest BCUT2D eigenvalue weighted by Crippen LogP contribution is 2.31. The lowest BCUT2D eigenvalue weighted by Gasteiger charge is -2.29.